The number of benzene rings is 1. The molecule has 2 aromatic heterocycles. The highest BCUT2D eigenvalue weighted by molar-refractivity contribution is 5.79. The maximum atomic E-state index is 5.73. The number of para-hydroxylation sites is 2. The quantitative estimate of drug-likeness (QED) is 0.287. The van der Waals surface area contributed by atoms with E-state index in [1.807, 2.05) is 6.07 Å². The van der Waals surface area contributed by atoms with Crippen molar-refractivity contribution in [2.45, 2.75) is 58.7 Å². The Labute approximate surface area is 189 Å². The molecule has 0 saturated carbocycles. The maximum absolute atomic E-state index is 5.73. The minimum Gasteiger partial charge on any atom is -0.376 e. The summed E-state index contributed by atoms with van der Waals surface area (Å²) in [6, 6.07) is 8.30. The molecule has 0 amide bonds. The number of aryl methyl sites for hydroxylation is 3. The third kappa shape index (κ3) is 5.64. The Hall–Kier alpha value is -2.94. The number of imidazole rings is 1. The van der Waals surface area contributed by atoms with Crippen molar-refractivity contribution in [3.8, 4) is 0 Å². The molecule has 9 nitrogen and oxygen atoms in total. The lowest BCUT2D eigenvalue weighted by Gasteiger charge is -2.15. The first kappa shape index (κ1) is 22.3. The van der Waals surface area contributed by atoms with E-state index < -0.39 is 0 Å². The smallest absolute Gasteiger partial charge is 0.191 e. The minimum atomic E-state index is 0.234. The van der Waals surface area contributed by atoms with Crippen molar-refractivity contribution in [2.75, 3.05) is 26.2 Å². The van der Waals surface area contributed by atoms with E-state index in [0.29, 0.717) is 6.54 Å². The number of aliphatic imine (C=N–C) groups is 1. The van der Waals surface area contributed by atoms with Crippen LogP contribution >= 0.6 is 0 Å². The van der Waals surface area contributed by atoms with Gasteiger partial charge in [-0.25, -0.2) is 4.98 Å². The topological polar surface area (TPSA) is 94.2 Å². The van der Waals surface area contributed by atoms with Gasteiger partial charge in [-0.15, -0.1) is 10.2 Å². The Morgan fingerprint density at radius 2 is 2.09 bits per heavy atom. The van der Waals surface area contributed by atoms with Crippen LogP contribution in [0.1, 0.15) is 37.8 Å². The first-order valence-electron chi connectivity index (χ1n) is 11.7. The van der Waals surface area contributed by atoms with E-state index in [4.69, 9.17) is 9.73 Å². The molecular formula is C23H34N8O. The van der Waals surface area contributed by atoms with Crippen molar-refractivity contribution < 1.29 is 4.74 Å². The highest BCUT2D eigenvalue weighted by Crippen LogP contribution is 2.15. The van der Waals surface area contributed by atoms with Crippen LogP contribution in [-0.4, -0.2) is 62.6 Å². The van der Waals surface area contributed by atoms with Gasteiger partial charge in [-0.2, -0.15) is 0 Å². The lowest BCUT2D eigenvalue weighted by Crippen LogP contribution is -2.40. The van der Waals surface area contributed by atoms with Crippen LogP contribution in [0.25, 0.3) is 11.0 Å². The van der Waals surface area contributed by atoms with Crippen molar-refractivity contribution in [1.29, 1.82) is 0 Å². The standard InChI is InChI=1S/C23H34N8O/c1-3-22-29-27-17-30(22)14-12-25-23(26-16-19-8-6-15-32-19)24-11-7-13-31-18(2)28-20-9-4-5-10-21(20)31/h4-5,9-10,17,19H,3,6-8,11-16H2,1-2H3,(H2,24,25,26). The van der Waals surface area contributed by atoms with E-state index >= 15 is 0 Å². The zero-order chi connectivity index (χ0) is 22.2. The number of guanidine groups is 1. The van der Waals surface area contributed by atoms with Crippen molar-refractivity contribution in [2.24, 2.45) is 4.99 Å². The summed E-state index contributed by atoms with van der Waals surface area (Å²) in [5, 5.41) is 15.1. The van der Waals surface area contributed by atoms with Crippen LogP contribution in [0.3, 0.4) is 0 Å². The molecule has 9 heteroatoms. The van der Waals surface area contributed by atoms with Crippen LogP contribution in [0.15, 0.2) is 35.6 Å². The molecular weight excluding hydrogens is 404 g/mol. The summed E-state index contributed by atoms with van der Waals surface area (Å²) < 4.78 is 10.1. The fourth-order valence-electron chi connectivity index (χ4n) is 4.11. The number of rotatable bonds is 10. The van der Waals surface area contributed by atoms with Gasteiger partial charge in [0.25, 0.3) is 0 Å². The zero-order valence-corrected chi connectivity index (χ0v) is 19.1. The summed E-state index contributed by atoms with van der Waals surface area (Å²) in [4.78, 5) is 9.44. The van der Waals surface area contributed by atoms with E-state index in [0.717, 1.165) is 81.6 Å². The van der Waals surface area contributed by atoms with Crippen molar-refractivity contribution in [3.05, 3.63) is 42.2 Å². The van der Waals surface area contributed by atoms with E-state index in [1.165, 1.54) is 5.52 Å². The lowest BCUT2D eigenvalue weighted by atomic mass is 10.2. The summed E-state index contributed by atoms with van der Waals surface area (Å²) in [6.45, 7) is 9.00. The molecule has 1 aliphatic heterocycles. The molecule has 32 heavy (non-hydrogen) atoms. The van der Waals surface area contributed by atoms with E-state index in [2.05, 4.69) is 67.0 Å². The van der Waals surface area contributed by atoms with Crippen LogP contribution in [0.5, 0.6) is 0 Å². The molecule has 2 N–H and O–H groups in total. The average Bonchev–Trinajstić information content (AvgIpc) is 3.54. The minimum absolute atomic E-state index is 0.234. The maximum Gasteiger partial charge on any atom is 0.191 e. The molecule has 3 heterocycles. The second-order valence-electron chi connectivity index (χ2n) is 8.12. The number of nitrogens with one attached hydrogen (secondary N) is 2. The Morgan fingerprint density at radius 3 is 2.94 bits per heavy atom. The van der Waals surface area contributed by atoms with Gasteiger partial charge in [0.2, 0.25) is 0 Å². The number of nitrogens with zero attached hydrogens (tertiary/aromatic N) is 6. The van der Waals surface area contributed by atoms with Crippen molar-refractivity contribution in [1.82, 2.24) is 34.9 Å². The van der Waals surface area contributed by atoms with Gasteiger partial charge in [-0.05, 0) is 38.3 Å². The van der Waals surface area contributed by atoms with E-state index in [1.54, 1.807) is 6.33 Å². The largest absolute Gasteiger partial charge is 0.376 e. The second kappa shape index (κ2) is 11.1. The summed E-state index contributed by atoms with van der Waals surface area (Å²) in [7, 11) is 0. The van der Waals surface area contributed by atoms with Gasteiger partial charge in [0.05, 0.1) is 23.7 Å². The summed E-state index contributed by atoms with van der Waals surface area (Å²) in [5.41, 5.74) is 2.25. The molecule has 0 aliphatic carbocycles. The van der Waals surface area contributed by atoms with Gasteiger partial charge in [-0.3, -0.25) is 4.99 Å². The molecule has 4 rings (SSSR count). The van der Waals surface area contributed by atoms with Crippen molar-refractivity contribution >= 4 is 17.0 Å². The Kier molecular flexibility index (Phi) is 7.71. The predicted molar refractivity (Wildman–Crippen MR) is 126 cm³/mol. The predicted octanol–water partition coefficient (Wildman–Crippen LogP) is 2.30. The highest BCUT2D eigenvalue weighted by atomic mass is 16.5. The molecule has 1 aliphatic rings. The van der Waals surface area contributed by atoms with Crippen LogP contribution in [0.2, 0.25) is 0 Å². The average molecular weight is 439 g/mol. The Morgan fingerprint density at radius 1 is 1.22 bits per heavy atom. The second-order valence-corrected chi connectivity index (χ2v) is 8.12. The molecule has 172 valence electrons. The number of ether oxygens (including phenoxy) is 1. The van der Waals surface area contributed by atoms with E-state index in [9.17, 15) is 0 Å². The van der Waals surface area contributed by atoms with Crippen LogP contribution in [-0.2, 0) is 24.2 Å². The third-order valence-electron chi connectivity index (χ3n) is 5.83. The molecule has 3 aromatic rings. The monoisotopic (exact) mass is 438 g/mol. The molecule has 0 radical (unpaired) electrons. The molecule has 1 saturated heterocycles. The zero-order valence-electron chi connectivity index (χ0n) is 19.1. The van der Waals surface area contributed by atoms with Gasteiger partial charge < -0.3 is 24.5 Å². The molecule has 1 unspecified atom stereocenters. The van der Waals surface area contributed by atoms with Crippen LogP contribution in [0, 0.1) is 6.92 Å². The van der Waals surface area contributed by atoms with E-state index in [-0.39, 0.29) is 6.10 Å². The Bertz CT molecular complexity index is 1020. The van der Waals surface area contributed by atoms with Gasteiger partial charge in [-0.1, -0.05) is 19.1 Å². The normalized spacial score (nSPS) is 16.7. The molecule has 1 aromatic carbocycles. The van der Waals surface area contributed by atoms with Gasteiger partial charge in [0.1, 0.15) is 18.0 Å². The van der Waals surface area contributed by atoms with Gasteiger partial charge >= 0.3 is 0 Å². The van der Waals surface area contributed by atoms with Gasteiger partial charge in [0.15, 0.2) is 5.96 Å². The first-order valence-corrected chi connectivity index (χ1v) is 11.7. The molecule has 0 spiro atoms. The summed E-state index contributed by atoms with van der Waals surface area (Å²) >= 11 is 0. The SMILES string of the molecule is CCc1nncn1CCNC(=NCC1CCCO1)NCCCn1c(C)nc2ccccc21. The number of hydrogen-bond acceptors (Lipinski definition) is 5. The molecule has 1 atom stereocenters. The fourth-order valence-corrected chi connectivity index (χ4v) is 4.11. The number of hydrogen-bond donors (Lipinski definition) is 2. The third-order valence-corrected chi connectivity index (χ3v) is 5.83. The number of aromatic nitrogens is 5. The number of fused-ring (bicyclic) bond motifs is 1. The lowest BCUT2D eigenvalue weighted by molar-refractivity contribution is 0.117. The Balaban J connectivity index is 1.30. The van der Waals surface area contributed by atoms with Crippen LogP contribution < -0.4 is 10.6 Å². The van der Waals surface area contributed by atoms with Gasteiger partial charge in [0, 0.05) is 39.2 Å². The van der Waals surface area contributed by atoms with Crippen molar-refractivity contribution in [3.63, 3.8) is 0 Å². The molecule has 0 bridgehead atoms. The fraction of sp³-hybridized carbons (Fsp3) is 0.565. The highest BCUT2D eigenvalue weighted by Gasteiger charge is 2.15. The summed E-state index contributed by atoms with van der Waals surface area (Å²) in [6.07, 6.45) is 6.09. The van der Waals surface area contributed by atoms with Crippen LogP contribution in [0.4, 0.5) is 0 Å². The summed E-state index contributed by atoms with van der Waals surface area (Å²) in [5.74, 6) is 2.89. The molecule has 1 fully saturated rings. The first-order chi connectivity index (χ1) is 15.7.